The van der Waals surface area contributed by atoms with Gasteiger partial charge < -0.3 is 76.1 Å². The van der Waals surface area contributed by atoms with Crippen LogP contribution in [0.15, 0.2) is 10.3 Å². The molecule has 1 rings (SSSR count). The van der Waals surface area contributed by atoms with Crippen LogP contribution >= 0.6 is 0 Å². The van der Waals surface area contributed by atoms with Crippen molar-refractivity contribution in [1.29, 1.82) is 0 Å². The molecule has 22 nitrogen and oxygen atoms in total. The first-order valence-corrected chi connectivity index (χ1v) is 22.1. The quantitative estimate of drug-likeness (QED) is 0.00907. The largest absolute Gasteiger partial charge is 0.430 e. The van der Waals surface area contributed by atoms with E-state index < -0.39 is 29.1 Å². The Morgan fingerprint density at radius 1 is 0.656 bits per heavy atom. The van der Waals surface area contributed by atoms with E-state index in [1.165, 1.54) is 6.92 Å². The van der Waals surface area contributed by atoms with Crippen molar-refractivity contribution in [3.05, 3.63) is 0 Å². The Morgan fingerprint density at radius 3 is 1.59 bits per heavy atom. The molecule has 1 saturated carbocycles. The molecule has 5 amide bonds. The van der Waals surface area contributed by atoms with Crippen molar-refractivity contribution in [3.63, 3.8) is 0 Å². The number of aldehydes is 1. The maximum atomic E-state index is 12.6. The van der Waals surface area contributed by atoms with Gasteiger partial charge in [0.25, 0.3) is 0 Å². The number of hydrogen-bond donors (Lipinski definition) is 9. The molecule has 0 heterocycles. The van der Waals surface area contributed by atoms with Gasteiger partial charge in [0, 0.05) is 33.1 Å². The van der Waals surface area contributed by atoms with Crippen LogP contribution in [-0.2, 0) is 47.7 Å². The second-order valence-corrected chi connectivity index (χ2v) is 16.9. The molecule has 22 heteroatoms. The molecule has 0 aliphatic heterocycles. The fourth-order valence-corrected chi connectivity index (χ4v) is 6.20. The SMILES string of the molecule is CC(=O)NCCOCC[OH+]CCOCCNC(=O)COCC(=O)NCCCC1CC1(C=O)NC(=O)COCC(=O)NCCC(CCNC(C)(C)/C(C)=N\O)CCNC(C)(C)/C(C)=N\O. The first-order chi connectivity index (χ1) is 30.4. The van der Waals surface area contributed by atoms with Crippen LogP contribution in [0.1, 0.15) is 87.0 Å². The van der Waals surface area contributed by atoms with Crippen LogP contribution in [-0.4, -0.2) is 184 Å². The lowest BCUT2D eigenvalue weighted by Gasteiger charge is -2.28. The summed E-state index contributed by atoms with van der Waals surface area (Å²) in [6.07, 6.45) is 4.56. The van der Waals surface area contributed by atoms with E-state index >= 15 is 0 Å². The Balaban J connectivity index is 2.22. The zero-order valence-electron chi connectivity index (χ0n) is 39.1. The first-order valence-electron chi connectivity index (χ1n) is 22.1. The van der Waals surface area contributed by atoms with Gasteiger partial charge in [0.1, 0.15) is 45.9 Å². The Kier molecular flexibility index (Phi) is 29.2. The fraction of sp³-hybridized carbons (Fsp3) is 0.810. The predicted molar refractivity (Wildman–Crippen MR) is 239 cm³/mol. The van der Waals surface area contributed by atoms with Crippen LogP contribution in [0.2, 0.25) is 0 Å². The van der Waals surface area contributed by atoms with Gasteiger partial charge in [-0.1, -0.05) is 10.3 Å². The summed E-state index contributed by atoms with van der Waals surface area (Å²) in [5, 5.41) is 45.4. The third-order valence-corrected chi connectivity index (χ3v) is 10.9. The van der Waals surface area contributed by atoms with Crippen molar-refractivity contribution in [2.75, 3.05) is 105 Å². The van der Waals surface area contributed by atoms with Crippen LogP contribution in [0.5, 0.6) is 0 Å². The highest BCUT2D eigenvalue weighted by Gasteiger charge is 2.54. The van der Waals surface area contributed by atoms with Gasteiger partial charge in [0.2, 0.25) is 29.5 Å². The van der Waals surface area contributed by atoms with E-state index in [-0.39, 0.29) is 61.8 Å². The van der Waals surface area contributed by atoms with Crippen molar-refractivity contribution in [2.45, 2.75) is 104 Å². The minimum Gasteiger partial charge on any atom is -0.430 e. The molecule has 368 valence electrons. The molecule has 0 bridgehead atoms. The summed E-state index contributed by atoms with van der Waals surface area (Å²) in [7, 11) is 0. The molecule has 0 radical (unpaired) electrons. The van der Waals surface area contributed by atoms with Crippen molar-refractivity contribution in [3.8, 4) is 0 Å². The van der Waals surface area contributed by atoms with Gasteiger partial charge in [-0.05, 0) is 105 Å². The van der Waals surface area contributed by atoms with Gasteiger partial charge in [-0.25, -0.2) is 0 Å². The predicted octanol–water partition coefficient (Wildman–Crippen LogP) is -0.857. The summed E-state index contributed by atoms with van der Waals surface area (Å²) in [6.45, 7) is 16.7. The minimum atomic E-state index is -1.01. The summed E-state index contributed by atoms with van der Waals surface area (Å²) in [5.41, 5.74) is -0.877. The van der Waals surface area contributed by atoms with Crippen molar-refractivity contribution in [2.24, 2.45) is 22.1 Å². The lowest BCUT2D eigenvalue weighted by Crippen LogP contribution is -2.47. The van der Waals surface area contributed by atoms with E-state index in [0.29, 0.717) is 116 Å². The Morgan fingerprint density at radius 2 is 1.11 bits per heavy atom. The standard InChI is InChI=1S/C42H77N9O13/c1-31(50-58)40(4,5)47-15-11-34(12-16-48-41(6,7)32(2)51-59)10-14-45-37(55)27-64-29-39(57)49-42(30-52)25-35(42)9-8-13-44-36(54)26-63-28-38(56)46-18-20-61-22-24-62-23-21-60-19-17-43-33(3)53/h30,34-35,47-48,58-59H,8-29H2,1-7H3,(H,43,53)(H,44,54)(H,45,55)(H,46,56)(H,49,57)/p+1/b50-31-,51-32-. The molecule has 2 unspecified atom stereocenters. The Bertz CT molecular complexity index is 1450. The van der Waals surface area contributed by atoms with E-state index in [4.69, 9.17) is 18.9 Å². The number of carbonyl (C=O) groups is 6. The van der Waals surface area contributed by atoms with Gasteiger partial charge in [-0.3, -0.25) is 24.0 Å². The second kappa shape index (κ2) is 32.4. The molecule has 1 fully saturated rings. The fourth-order valence-electron chi connectivity index (χ4n) is 6.20. The van der Waals surface area contributed by atoms with Crippen LogP contribution in [0.25, 0.3) is 0 Å². The molecule has 0 saturated heterocycles. The van der Waals surface area contributed by atoms with Gasteiger partial charge in [0.05, 0.1) is 41.3 Å². The van der Waals surface area contributed by atoms with E-state index in [1.54, 1.807) is 13.8 Å². The second-order valence-electron chi connectivity index (χ2n) is 16.9. The van der Waals surface area contributed by atoms with E-state index in [0.717, 1.165) is 12.8 Å². The maximum absolute atomic E-state index is 12.6. The van der Waals surface area contributed by atoms with E-state index in [1.807, 2.05) is 27.7 Å². The highest BCUT2D eigenvalue weighted by atomic mass is 16.5. The molecule has 10 N–H and O–H groups in total. The number of nitrogens with one attached hydrogen (secondary N) is 7. The van der Waals surface area contributed by atoms with E-state index in [2.05, 4.69) is 52.3 Å². The molecular weight excluding hydrogens is 839 g/mol. The zero-order valence-corrected chi connectivity index (χ0v) is 39.1. The Labute approximate surface area is 377 Å². The molecule has 0 aromatic rings. The summed E-state index contributed by atoms with van der Waals surface area (Å²) in [4.78, 5) is 71.9. The number of amides is 5. The molecule has 1 aliphatic carbocycles. The van der Waals surface area contributed by atoms with Gasteiger partial charge >= 0.3 is 0 Å². The van der Waals surface area contributed by atoms with Gasteiger partial charge in [-0.15, -0.1) is 0 Å². The number of ether oxygens (including phenoxy) is 5. The molecular formula is C42H78N9O13+. The van der Waals surface area contributed by atoms with Gasteiger partial charge in [0.15, 0.2) is 13.2 Å². The monoisotopic (exact) mass is 917 g/mol. The molecule has 0 aromatic heterocycles. The van der Waals surface area contributed by atoms with E-state index in [9.17, 15) is 39.2 Å². The lowest BCUT2D eigenvalue weighted by atomic mass is 9.94. The lowest BCUT2D eigenvalue weighted by molar-refractivity contribution is -0.133. The first kappa shape index (κ1) is 57.7. The smallest absolute Gasteiger partial charge is 0.246 e. The topological polar surface area (TPSA) is 302 Å². The number of oxime groups is 2. The highest BCUT2D eigenvalue weighted by molar-refractivity contribution is 5.90. The van der Waals surface area contributed by atoms with Gasteiger partial charge in [-0.2, -0.15) is 0 Å². The van der Waals surface area contributed by atoms with Crippen LogP contribution in [0, 0.1) is 11.8 Å². The number of rotatable bonds is 39. The highest BCUT2D eigenvalue weighted by Crippen LogP contribution is 2.44. The maximum Gasteiger partial charge on any atom is 0.246 e. The van der Waals surface area contributed by atoms with Crippen molar-refractivity contribution >= 4 is 47.2 Å². The average Bonchev–Trinajstić information content (AvgIpc) is 3.94. The molecule has 0 spiro atoms. The molecule has 2 atom stereocenters. The van der Waals surface area contributed by atoms with Crippen molar-refractivity contribution in [1.82, 2.24) is 37.2 Å². The third-order valence-electron chi connectivity index (χ3n) is 10.9. The Hall–Kier alpha value is -4.32. The number of aliphatic hydroxyl groups is 2. The number of carbonyl (C=O) groups excluding carboxylic acids is 6. The zero-order chi connectivity index (χ0) is 47.9. The number of nitrogens with zero attached hydrogens (tertiary/aromatic N) is 2. The summed E-state index contributed by atoms with van der Waals surface area (Å²) >= 11 is 0. The molecule has 0 aromatic carbocycles. The summed E-state index contributed by atoms with van der Waals surface area (Å²) in [6, 6.07) is 0. The normalized spacial score (nSPS) is 16.6. The summed E-state index contributed by atoms with van der Waals surface area (Å²) < 4.78 is 25.5. The van der Waals surface area contributed by atoms with Crippen LogP contribution in [0.4, 0.5) is 0 Å². The molecule has 64 heavy (non-hydrogen) atoms. The third kappa shape index (κ3) is 26.5. The molecule has 1 aliphatic rings. The minimum absolute atomic E-state index is 0.0989. The van der Waals surface area contributed by atoms with Crippen LogP contribution < -0.4 is 37.2 Å². The van der Waals surface area contributed by atoms with Crippen LogP contribution in [0.3, 0.4) is 0 Å². The summed E-state index contributed by atoms with van der Waals surface area (Å²) in [5.74, 6) is -1.65. The number of hydrogen-bond acceptors (Lipinski definition) is 16. The average molecular weight is 917 g/mol. The van der Waals surface area contributed by atoms with Crippen molar-refractivity contribution < 1.29 is 62.9 Å².